The molecule has 80 valence electrons. The smallest absolute Gasteiger partial charge is 0.349 e. The maximum Gasteiger partial charge on any atom is 0.349 e. The zero-order valence-corrected chi connectivity index (χ0v) is 9.83. The summed E-state index contributed by atoms with van der Waals surface area (Å²) in [6, 6.07) is 4.76. The predicted molar refractivity (Wildman–Crippen MR) is 56.9 cm³/mol. The highest BCUT2D eigenvalue weighted by Gasteiger charge is 2.16. The minimum absolute atomic E-state index is 0.328. The molecule has 0 aromatic heterocycles. The van der Waals surface area contributed by atoms with Gasteiger partial charge >= 0.3 is 11.9 Å². The van der Waals surface area contributed by atoms with Gasteiger partial charge in [-0.05, 0) is 24.6 Å². The van der Waals surface area contributed by atoms with Crippen LogP contribution in [0.3, 0.4) is 0 Å². The van der Waals surface area contributed by atoms with Crippen molar-refractivity contribution in [3.63, 3.8) is 0 Å². The van der Waals surface area contributed by atoms with E-state index in [4.69, 9.17) is 0 Å². The van der Waals surface area contributed by atoms with Gasteiger partial charge in [0, 0.05) is 0 Å². The second-order valence-corrected chi connectivity index (χ2v) is 3.16. The van der Waals surface area contributed by atoms with E-state index >= 15 is 0 Å². The monoisotopic (exact) mass is 272 g/mol. The average molecular weight is 273 g/mol. The first-order valence-corrected chi connectivity index (χ1v) is 4.77. The van der Waals surface area contributed by atoms with Gasteiger partial charge in [0.25, 0.3) is 0 Å². The van der Waals surface area contributed by atoms with E-state index in [1.807, 2.05) is 0 Å². The summed E-state index contributed by atoms with van der Waals surface area (Å²) in [6.45, 7) is 1.66. The number of methoxy groups -OCH3 is 1. The molecule has 0 fully saturated rings. The third-order valence-electron chi connectivity index (χ3n) is 2.03. The first kappa shape index (κ1) is 11.7. The molecule has 0 radical (unpaired) electrons. The number of hydrogen-bond donors (Lipinski definition) is 0. The summed E-state index contributed by atoms with van der Waals surface area (Å²) in [5, 5.41) is 0. The molecular formula is C10H9BrO4. The minimum Gasteiger partial charge on any atom is -0.465 e. The van der Waals surface area contributed by atoms with E-state index in [0.717, 1.165) is 0 Å². The normalized spacial score (nSPS) is 9.53. The number of halogens is 1. The highest BCUT2D eigenvalue weighted by atomic mass is 79.9. The Morgan fingerprint density at radius 1 is 1.20 bits per heavy atom. The lowest BCUT2D eigenvalue weighted by atomic mass is 10.0. The van der Waals surface area contributed by atoms with Crippen molar-refractivity contribution in [1.82, 2.24) is 0 Å². The molecule has 0 N–H and O–H groups in total. The molecule has 1 rings (SSSR count). The fourth-order valence-corrected chi connectivity index (χ4v) is 1.40. The SMILES string of the molecule is COC(=O)c1cccc(C(=O)OBr)c1C. The summed E-state index contributed by atoms with van der Waals surface area (Å²) in [6.07, 6.45) is 0. The van der Waals surface area contributed by atoms with E-state index in [0.29, 0.717) is 16.7 Å². The Bertz CT molecular complexity index is 366. The number of hydrogen-bond acceptors (Lipinski definition) is 4. The molecule has 5 heteroatoms. The van der Waals surface area contributed by atoms with E-state index in [2.05, 4.69) is 24.8 Å². The Hall–Kier alpha value is -1.36. The lowest BCUT2D eigenvalue weighted by Crippen LogP contribution is -2.08. The van der Waals surface area contributed by atoms with Crippen LogP contribution in [-0.2, 0) is 8.57 Å². The largest absolute Gasteiger partial charge is 0.465 e. The van der Waals surface area contributed by atoms with Gasteiger partial charge in [-0.3, -0.25) is 0 Å². The van der Waals surface area contributed by atoms with Crippen molar-refractivity contribution in [2.75, 3.05) is 7.11 Å². The van der Waals surface area contributed by atoms with Gasteiger partial charge in [-0.1, -0.05) is 6.07 Å². The maximum atomic E-state index is 11.3. The van der Waals surface area contributed by atoms with Gasteiger partial charge in [0.15, 0.2) is 16.3 Å². The van der Waals surface area contributed by atoms with E-state index in [-0.39, 0.29) is 0 Å². The Morgan fingerprint density at radius 3 is 2.20 bits per heavy atom. The Morgan fingerprint density at radius 2 is 1.73 bits per heavy atom. The molecule has 1 aromatic rings. The van der Waals surface area contributed by atoms with Crippen molar-refractivity contribution in [3.8, 4) is 0 Å². The van der Waals surface area contributed by atoms with Crippen LogP contribution in [0, 0.1) is 6.92 Å². The van der Waals surface area contributed by atoms with Gasteiger partial charge in [-0.2, -0.15) is 0 Å². The summed E-state index contributed by atoms with van der Waals surface area (Å²) in [4.78, 5) is 22.6. The average Bonchev–Trinajstić information content (AvgIpc) is 2.27. The molecule has 0 saturated heterocycles. The Balaban J connectivity index is 3.23. The van der Waals surface area contributed by atoms with Crippen LogP contribution in [0.4, 0.5) is 0 Å². The van der Waals surface area contributed by atoms with E-state index in [1.54, 1.807) is 25.1 Å². The maximum absolute atomic E-state index is 11.3. The van der Waals surface area contributed by atoms with Gasteiger partial charge in [0.05, 0.1) is 18.2 Å². The molecule has 0 amide bonds. The summed E-state index contributed by atoms with van der Waals surface area (Å²) in [7, 11) is 1.29. The van der Waals surface area contributed by atoms with Crippen molar-refractivity contribution in [2.45, 2.75) is 6.92 Å². The predicted octanol–water partition coefficient (Wildman–Crippen LogP) is 2.25. The quantitative estimate of drug-likeness (QED) is 0.775. The van der Waals surface area contributed by atoms with Crippen molar-refractivity contribution < 1.29 is 18.2 Å². The van der Waals surface area contributed by atoms with Crippen LogP contribution in [-0.4, -0.2) is 19.0 Å². The molecule has 0 heterocycles. The van der Waals surface area contributed by atoms with Gasteiger partial charge in [-0.25, -0.2) is 9.59 Å². The van der Waals surface area contributed by atoms with Crippen LogP contribution >= 0.6 is 16.3 Å². The second-order valence-electron chi connectivity index (χ2n) is 2.83. The Kier molecular flexibility index (Phi) is 3.85. The third kappa shape index (κ3) is 2.36. The molecule has 0 atom stereocenters. The molecular weight excluding hydrogens is 264 g/mol. The van der Waals surface area contributed by atoms with Crippen LogP contribution in [0.15, 0.2) is 18.2 Å². The van der Waals surface area contributed by atoms with Gasteiger partial charge in [-0.15, -0.1) is 0 Å². The van der Waals surface area contributed by atoms with Crippen molar-refractivity contribution >= 4 is 28.2 Å². The molecule has 0 aliphatic carbocycles. The first-order chi connectivity index (χ1) is 7.11. The number of carbonyl (C=O) groups excluding carboxylic acids is 2. The van der Waals surface area contributed by atoms with Crippen molar-refractivity contribution in [2.24, 2.45) is 0 Å². The molecule has 0 saturated carbocycles. The highest BCUT2D eigenvalue weighted by molar-refractivity contribution is 9.06. The zero-order valence-electron chi connectivity index (χ0n) is 8.24. The van der Waals surface area contributed by atoms with Crippen LogP contribution in [0.1, 0.15) is 26.3 Å². The number of rotatable bonds is 2. The lowest BCUT2D eigenvalue weighted by Gasteiger charge is -2.06. The number of ether oxygens (including phenoxy) is 1. The lowest BCUT2D eigenvalue weighted by molar-refractivity contribution is 0.0600. The highest BCUT2D eigenvalue weighted by Crippen LogP contribution is 2.16. The number of benzene rings is 1. The fourth-order valence-electron chi connectivity index (χ4n) is 1.23. The molecule has 1 aromatic carbocycles. The van der Waals surface area contributed by atoms with Crippen molar-refractivity contribution in [1.29, 1.82) is 0 Å². The van der Waals surface area contributed by atoms with Crippen LogP contribution in [0.25, 0.3) is 0 Å². The second kappa shape index (κ2) is 4.93. The first-order valence-electron chi connectivity index (χ1n) is 4.12. The molecule has 0 aliphatic rings. The summed E-state index contributed by atoms with van der Waals surface area (Å²) >= 11 is 2.60. The molecule has 4 nitrogen and oxygen atoms in total. The van der Waals surface area contributed by atoms with Gasteiger partial charge in [0.1, 0.15) is 0 Å². The fraction of sp³-hybridized carbons (Fsp3) is 0.200. The van der Waals surface area contributed by atoms with E-state index < -0.39 is 11.9 Å². The summed E-state index contributed by atoms with van der Waals surface area (Å²) in [5.41, 5.74) is 1.22. The van der Waals surface area contributed by atoms with Crippen LogP contribution in [0.2, 0.25) is 0 Å². The minimum atomic E-state index is -0.543. The molecule has 0 spiro atoms. The Labute approximate surface area is 95.6 Å². The molecule has 0 unspecified atom stereocenters. The van der Waals surface area contributed by atoms with Gasteiger partial charge < -0.3 is 8.57 Å². The summed E-state index contributed by atoms with van der Waals surface area (Å²) in [5.74, 6) is -1.02. The number of carbonyl (C=O) groups is 2. The van der Waals surface area contributed by atoms with E-state index in [9.17, 15) is 9.59 Å². The number of esters is 1. The standard InChI is InChI=1S/C10H9BrO4/c1-6-7(9(12)14-2)4-3-5-8(6)10(13)15-11/h3-5H,1-2H3. The molecule has 0 bridgehead atoms. The zero-order chi connectivity index (χ0) is 11.4. The topological polar surface area (TPSA) is 52.6 Å². The van der Waals surface area contributed by atoms with Gasteiger partial charge in [0.2, 0.25) is 0 Å². The molecule has 15 heavy (non-hydrogen) atoms. The van der Waals surface area contributed by atoms with Crippen molar-refractivity contribution in [3.05, 3.63) is 34.9 Å². The molecule has 0 aliphatic heterocycles. The van der Waals surface area contributed by atoms with Crippen LogP contribution < -0.4 is 0 Å². The van der Waals surface area contributed by atoms with E-state index in [1.165, 1.54) is 7.11 Å². The summed E-state index contributed by atoms with van der Waals surface area (Å²) < 4.78 is 8.99. The van der Waals surface area contributed by atoms with Crippen LogP contribution in [0.5, 0.6) is 0 Å². The third-order valence-corrected chi connectivity index (χ3v) is 2.32.